The molecule has 3 fully saturated rings. The number of hydrogen-bond acceptors (Lipinski definition) is 6. The Hall–Kier alpha value is -2.19. The Morgan fingerprint density at radius 3 is 2.58 bits per heavy atom. The molecule has 0 aromatic rings. The first-order valence-corrected chi connectivity index (χ1v) is 13.7. The third-order valence-electron chi connectivity index (χ3n) is 8.26. The maximum absolute atomic E-state index is 14.2. The summed E-state index contributed by atoms with van der Waals surface area (Å²) in [6, 6.07) is -0.781. The first-order chi connectivity index (χ1) is 17.4. The number of carbonyl (C=O) groups excluding carboxylic acids is 3. The second-order valence-electron chi connectivity index (χ2n) is 10.3. The lowest BCUT2D eigenvalue weighted by molar-refractivity contribution is -0.161. The number of unbranched alkanes of at least 4 members (excludes halogenated alkanes) is 4. The molecule has 202 valence electrons. The van der Waals surface area contributed by atoms with Crippen molar-refractivity contribution >= 4 is 17.8 Å². The van der Waals surface area contributed by atoms with Gasteiger partial charge in [-0.1, -0.05) is 45.4 Å². The van der Waals surface area contributed by atoms with Gasteiger partial charge in [-0.15, -0.1) is 6.58 Å². The third-order valence-corrected chi connectivity index (χ3v) is 8.26. The van der Waals surface area contributed by atoms with E-state index in [9.17, 15) is 19.5 Å². The summed E-state index contributed by atoms with van der Waals surface area (Å²) in [7, 11) is 0. The quantitative estimate of drug-likeness (QED) is 0.197. The van der Waals surface area contributed by atoms with Crippen molar-refractivity contribution in [1.29, 1.82) is 0 Å². The Bertz CT molecular complexity index is 831. The molecule has 0 aromatic heterocycles. The Morgan fingerprint density at radius 2 is 1.94 bits per heavy atom. The molecule has 0 radical (unpaired) electrons. The van der Waals surface area contributed by atoms with E-state index in [0.29, 0.717) is 51.7 Å². The van der Waals surface area contributed by atoms with E-state index in [1.54, 1.807) is 15.9 Å². The third kappa shape index (κ3) is 4.99. The van der Waals surface area contributed by atoms with Gasteiger partial charge in [0.2, 0.25) is 11.8 Å². The fraction of sp³-hybridized carbons (Fsp3) is 0.750. The van der Waals surface area contributed by atoms with Gasteiger partial charge in [-0.3, -0.25) is 14.4 Å². The second kappa shape index (κ2) is 12.4. The van der Waals surface area contributed by atoms with Crippen molar-refractivity contribution in [3.8, 4) is 0 Å². The van der Waals surface area contributed by atoms with Gasteiger partial charge < -0.3 is 24.4 Å². The lowest BCUT2D eigenvalue weighted by Crippen LogP contribution is -2.56. The summed E-state index contributed by atoms with van der Waals surface area (Å²) in [4.78, 5) is 44.9. The Morgan fingerprint density at radius 1 is 1.17 bits per heavy atom. The van der Waals surface area contributed by atoms with Gasteiger partial charge in [0.1, 0.15) is 24.2 Å². The highest BCUT2D eigenvalue weighted by atomic mass is 16.6. The van der Waals surface area contributed by atoms with E-state index < -0.39 is 35.0 Å². The molecule has 3 aliphatic rings. The smallest absolute Gasteiger partial charge is 0.313 e. The number of carbonyl (C=O) groups is 3. The van der Waals surface area contributed by atoms with E-state index >= 15 is 0 Å². The molecule has 3 aliphatic heterocycles. The summed E-state index contributed by atoms with van der Waals surface area (Å²) < 4.78 is 12.2. The van der Waals surface area contributed by atoms with Gasteiger partial charge in [0.05, 0.1) is 11.5 Å². The predicted octanol–water partition coefficient (Wildman–Crippen LogP) is 3.24. The van der Waals surface area contributed by atoms with E-state index in [-0.39, 0.29) is 25.0 Å². The number of ether oxygens (including phenoxy) is 2. The van der Waals surface area contributed by atoms with Gasteiger partial charge in [-0.2, -0.15) is 0 Å². The van der Waals surface area contributed by atoms with Crippen LogP contribution in [0.25, 0.3) is 0 Å². The van der Waals surface area contributed by atoms with Gasteiger partial charge in [0, 0.05) is 26.2 Å². The molecule has 2 amide bonds. The van der Waals surface area contributed by atoms with Crippen LogP contribution in [0.1, 0.15) is 71.6 Å². The first-order valence-electron chi connectivity index (χ1n) is 13.7. The normalized spacial score (nSPS) is 30.4. The average molecular weight is 505 g/mol. The van der Waals surface area contributed by atoms with E-state index in [2.05, 4.69) is 20.1 Å². The monoisotopic (exact) mass is 504 g/mol. The molecule has 3 saturated heterocycles. The van der Waals surface area contributed by atoms with Gasteiger partial charge in [-0.25, -0.2) is 0 Å². The van der Waals surface area contributed by atoms with Crippen LogP contribution in [0.15, 0.2) is 25.3 Å². The summed E-state index contributed by atoms with van der Waals surface area (Å²) in [6.45, 7) is 13.1. The standard InChI is InChI=1S/C28H44N2O6/c1-5-9-11-17-29(16-6-2)25(33)23-28-15-14-27(8-4,36-28)22(26(34)35-20-7-3)21(28)24(32)30(23)18-12-10-13-19-31/h6-7,21-23,31H,2-3,5,8-20H2,1,4H3/t21-,22+,23?,27-,28?/m0/s1. The minimum Gasteiger partial charge on any atom is -0.461 e. The zero-order valence-corrected chi connectivity index (χ0v) is 22.1. The SMILES string of the molecule is C=CCOC(=O)[C@H]1[C@H]2C(=O)N(CCCCCO)C(C(=O)N(CC=C)CCCCC)C23CC[C@]1(CC)O3. The molecule has 3 heterocycles. The van der Waals surface area contributed by atoms with Gasteiger partial charge in [0.15, 0.2) is 0 Å². The lowest BCUT2D eigenvalue weighted by atomic mass is 9.65. The molecule has 3 rings (SSSR count). The minimum atomic E-state index is -1.04. The molecule has 8 heteroatoms. The van der Waals surface area contributed by atoms with Crippen LogP contribution in [-0.4, -0.2) is 82.8 Å². The molecule has 1 spiro atoms. The molecule has 0 aliphatic carbocycles. The van der Waals surface area contributed by atoms with E-state index in [1.165, 1.54) is 6.08 Å². The summed E-state index contributed by atoms with van der Waals surface area (Å²) in [6.07, 6.45) is 9.95. The second-order valence-corrected chi connectivity index (χ2v) is 10.3. The molecular weight excluding hydrogens is 460 g/mol. The van der Waals surface area contributed by atoms with Crippen LogP contribution in [0.3, 0.4) is 0 Å². The van der Waals surface area contributed by atoms with Crippen molar-refractivity contribution in [3.63, 3.8) is 0 Å². The van der Waals surface area contributed by atoms with Crippen LogP contribution < -0.4 is 0 Å². The van der Waals surface area contributed by atoms with Crippen LogP contribution in [0.2, 0.25) is 0 Å². The zero-order chi connectivity index (χ0) is 26.3. The van der Waals surface area contributed by atoms with Gasteiger partial charge in [0.25, 0.3) is 0 Å². The van der Waals surface area contributed by atoms with Gasteiger partial charge in [-0.05, 0) is 44.9 Å². The Balaban J connectivity index is 1.99. The van der Waals surface area contributed by atoms with Crippen molar-refractivity contribution in [3.05, 3.63) is 25.3 Å². The maximum Gasteiger partial charge on any atom is 0.313 e. The van der Waals surface area contributed by atoms with Crippen molar-refractivity contribution in [1.82, 2.24) is 9.80 Å². The molecule has 2 unspecified atom stereocenters. The minimum absolute atomic E-state index is 0.0703. The van der Waals surface area contributed by atoms with Gasteiger partial charge >= 0.3 is 5.97 Å². The Labute approximate surface area is 215 Å². The molecular formula is C28H44N2O6. The fourth-order valence-electron chi connectivity index (χ4n) is 6.57. The largest absolute Gasteiger partial charge is 0.461 e. The number of esters is 1. The number of likely N-dealkylation sites (tertiary alicyclic amines) is 1. The Kier molecular flexibility index (Phi) is 9.75. The highest BCUT2D eigenvalue weighted by molar-refractivity contribution is 5.98. The predicted molar refractivity (Wildman–Crippen MR) is 137 cm³/mol. The number of fused-ring (bicyclic) bond motifs is 1. The maximum atomic E-state index is 14.2. The molecule has 5 atom stereocenters. The van der Waals surface area contributed by atoms with Crippen molar-refractivity contribution in [2.75, 3.05) is 32.8 Å². The van der Waals surface area contributed by atoms with Crippen LogP contribution in [-0.2, 0) is 23.9 Å². The molecule has 36 heavy (non-hydrogen) atoms. The molecule has 1 N–H and O–H groups in total. The average Bonchev–Trinajstić information content (AvgIpc) is 3.48. The van der Waals surface area contributed by atoms with Crippen LogP contribution in [0, 0.1) is 11.8 Å². The number of nitrogens with zero attached hydrogens (tertiary/aromatic N) is 2. The topological polar surface area (TPSA) is 96.4 Å². The highest BCUT2D eigenvalue weighted by Crippen LogP contribution is 2.64. The van der Waals surface area contributed by atoms with Crippen molar-refractivity contribution < 1.29 is 29.0 Å². The van der Waals surface area contributed by atoms with E-state index in [0.717, 1.165) is 25.7 Å². The summed E-state index contributed by atoms with van der Waals surface area (Å²) in [5.41, 5.74) is -1.84. The van der Waals surface area contributed by atoms with Crippen molar-refractivity contribution in [2.24, 2.45) is 11.8 Å². The van der Waals surface area contributed by atoms with Crippen LogP contribution in [0.5, 0.6) is 0 Å². The summed E-state index contributed by atoms with van der Waals surface area (Å²) in [5.74, 6) is -2.25. The summed E-state index contributed by atoms with van der Waals surface area (Å²) in [5, 5.41) is 9.19. The fourth-order valence-corrected chi connectivity index (χ4v) is 6.57. The lowest BCUT2D eigenvalue weighted by Gasteiger charge is -2.37. The summed E-state index contributed by atoms with van der Waals surface area (Å²) >= 11 is 0. The molecule has 0 aromatic carbocycles. The van der Waals surface area contributed by atoms with E-state index in [1.807, 2.05) is 6.92 Å². The van der Waals surface area contributed by atoms with Crippen LogP contribution in [0.4, 0.5) is 0 Å². The molecule has 8 nitrogen and oxygen atoms in total. The molecule has 0 saturated carbocycles. The number of aliphatic hydroxyl groups excluding tert-OH is 1. The zero-order valence-electron chi connectivity index (χ0n) is 22.1. The van der Waals surface area contributed by atoms with Crippen LogP contribution >= 0.6 is 0 Å². The highest BCUT2D eigenvalue weighted by Gasteiger charge is 2.79. The molecule has 2 bridgehead atoms. The first kappa shape index (κ1) is 28.4. The number of aliphatic hydroxyl groups is 1. The van der Waals surface area contributed by atoms with E-state index in [4.69, 9.17) is 9.47 Å². The number of rotatable bonds is 16. The number of amides is 2. The van der Waals surface area contributed by atoms with Crippen molar-refractivity contribution in [2.45, 2.75) is 88.9 Å². The number of hydrogen-bond donors (Lipinski definition) is 1.